The molecule has 8 heteroatoms. The molecule has 1 fully saturated rings. The Kier molecular flexibility index (Phi) is 6.09. The summed E-state index contributed by atoms with van der Waals surface area (Å²) in [6, 6.07) is 5.65. The van der Waals surface area contributed by atoms with Crippen LogP contribution < -0.4 is 10.0 Å². The number of sulfonamides is 1. The number of halogens is 1. The Labute approximate surface area is 136 Å². The van der Waals surface area contributed by atoms with E-state index in [1.807, 2.05) is 0 Å². The van der Waals surface area contributed by atoms with Gasteiger partial charge in [0.05, 0.1) is 6.26 Å². The van der Waals surface area contributed by atoms with Gasteiger partial charge in [0, 0.05) is 31.2 Å². The van der Waals surface area contributed by atoms with E-state index in [0.29, 0.717) is 18.8 Å². The first-order valence-electron chi connectivity index (χ1n) is 7.57. The molecule has 1 aromatic carbocycles. The highest BCUT2D eigenvalue weighted by Crippen LogP contribution is 2.12. The third-order valence-corrected chi connectivity index (χ3v) is 4.41. The molecule has 0 spiro atoms. The number of nitrogens with one attached hydrogen (secondary N) is 2. The zero-order chi connectivity index (χ0) is 16.9. The smallest absolute Gasteiger partial charge is 0.225 e. The van der Waals surface area contributed by atoms with E-state index in [1.54, 1.807) is 6.07 Å². The third-order valence-electron chi connectivity index (χ3n) is 3.65. The molecule has 1 amide bonds. The first kappa shape index (κ1) is 17.8. The summed E-state index contributed by atoms with van der Waals surface area (Å²) < 4.78 is 38.2. The Hall–Kier alpha value is -1.51. The van der Waals surface area contributed by atoms with Gasteiger partial charge in [-0.25, -0.2) is 17.5 Å². The highest BCUT2D eigenvalue weighted by atomic mass is 32.2. The number of rotatable bonds is 6. The Balaban J connectivity index is 1.77. The maximum atomic E-state index is 13.1. The van der Waals surface area contributed by atoms with Crippen molar-refractivity contribution in [2.24, 2.45) is 0 Å². The van der Waals surface area contributed by atoms with E-state index in [2.05, 4.69) is 14.9 Å². The highest BCUT2D eigenvalue weighted by Gasteiger charge is 2.22. The Morgan fingerprint density at radius 3 is 2.91 bits per heavy atom. The van der Waals surface area contributed by atoms with Crippen molar-refractivity contribution in [3.8, 4) is 0 Å². The van der Waals surface area contributed by atoms with Crippen LogP contribution in [0.1, 0.15) is 19.3 Å². The van der Waals surface area contributed by atoms with Crippen molar-refractivity contribution in [2.75, 3.05) is 31.2 Å². The maximum absolute atomic E-state index is 13.1. The van der Waals surface area contributed by atoms with E-state index in [4.69, 9.17) is 0 Å². The monoisotopic (exact) mass is 343 g/mol. The van der Waals surface area contributed by atoms with Gasteiger partial charge in [-0.3, -0.25) is 4.79 Å². The van der Waals surface area contributed by atoms with Gasteiger partial charge in [0.15, 0.2) is 0 Å². The van der Waals surface area contributed by atoms with E-state index in [9.17, 15) is 17.6 Å². The lowest BCUT2D eigenvalue weighted by atomic mass is 10.1. The Morgan fingerprint density at radius 2 is 2.22 bits per heavy atom. The maximum Gasteiger partial charge on any atom is 0.225 e. The average Bonchev–Trinajstić information content (AvgIpc) is 2.44. The summed E-state index contributed by atoms with van der Waals surface area (Å²) in [6.45, 7) is 1.98. The number of hydrogen-bond acceptors (Lipinski definition) is 4. The molecule has 2 N–H and O–H groups in total. The molecule has 0 unspecified atom stereocenters. The largest absolute Gasteiger partial charge is 0.326 e. The van der Waals surface area contributed by atoms with Gasteiger partial charge in [0.1, 0.15) is 5.82 Å². The van der Waals surface area contributed by atoms with Crippen LogP contribution in [-0.4, -0.2) is 51.2 Å². The molecule has 0 radical (unpaired) electrons. The minimum Gasteiger partial charge on any atom is -0.326 e. The predicted octanol–water partition coefficient (Wildman–Crippen LogP) is 1.17. The minimum absolute atomic E-state index is 0.106. The fraction of sp³-hybridized carbons (Fsp3) is 0.533. The van der Waals surface area contributed by atoms with Crippen LogP contribution in [0.4, 0.5) is 10.1 Å². The van der Waals surface area contributed by atoms with Crippen molar-refractivity contribution >= 4 is 21.6 Å². The second-order valence-electron chi connectivity index (χ2n) is 5.84. The Morgan fingerprint density at radius 1 is 1.43 bits per heavy atom. The Bertz CT molecular complexity index is 651. The summed E-state index contributed by atoms with van der Waals surface area (Å²) in [5.41, 5.74) is 0.435. The minimum atomic E-state index is -3.21. The molecule has 1 saturated heterocycles. The lowest BCUT2D eigenvalue weighted by Crippen LogP contribution is -2.47. The lowest BCUT2D eigenvalue weighted by molar-refractivity contribution is -0.116. The number of likely N-dealkylation sites (tertiary alicyclic amines) is 1. The summed E-state index contributed by atoms with van der Waals surface area (Å²) in [4.78, 5) is 14.0. The molecule has 1 atom stereocenters. The van der Waals surface area contributed by atoms with Crippen molar-refractivity contribution in [3.63, 3.8) is 0 Å². The fourth-order valence-electron chi connectivity index (χ4n) is 2.71. The third kappa shape index (κ3) is 6.64. The summed E-state index contributed by atoms with van der Waals surface area (Å²) in [6.07, 6.45) is 3.12. The van der Waals surface area contributed by atoms with Crippen LogP contribution in [0.3, 0.4) is 0 Å². The summed E-state index contributed by atoms with van der Waals surface area (Å²) >= 11 is 0. The van der Waals surface area contributed by atoms with E-state index in [0.717, 1.165) is 25.6 Å². The van der Waals surface area contributed by atoms with Crippen LogP contribution in [0.2, 0.25) is 0 Å². The number of anilines is 1. The van der Waals surface area contributed by atoms with E-state index in [1.165, 1.54) is 18.2 Å². The number of amides is 1. The summed E-state index contributed by atoms with van der Waals surface area (Å²) in [5.74, 6) is -0.581. The lowest BCUT2D eigenvalue weighted by Gasteiger charge is -2.32. The molecular weight excluding hydrogens is 321 g/mol. The van der Waals surface area contributed by atoms with Gasteiger partial charge in [-0.05, 0) is 37.6 Å². The average molecular weight is 343 g/mol. The standard InChI is InChI=1S/C15H22FN3O3S/c1-23(21,22)18-14-6-3-8-19(11-14)9-7-15(20)17-13-5-2-4-12(16)10-13/h2,4-5,10,14,18H,3,6-9,11H2,1H3,(H,17,20)/t14-/m0/s1. The van der Waals surface area contributed by atoms with Gasteiger partial charge in [-0.15, -0.1) is 0 Å². The number of nitrogens with zero attached hydrogens (tertiary/aromatic N) is 1. The molecule has 1 aromatic rings. The first-order valence-corrected chi connectivity index (χ1v) is 9.46. The molecule has 0 bridgehead atoms. The van der Waals surface area contributed by atoms with Gasteiger partial charge in [0.2, 0.25) is 15.9 Å². The molecule has 6 nitrogen and oxygen atoms in total. The van der Waals surface area contributed by atoms with Crippen molar-refractivity contribution < 1.29 is 17.6 Å². The highest BCUT2D eigenvalue weighted by molar-refractivity contribution is 7.88. The van der Waals surface area contributed by atoms with Crippen molar-refractivity contribution in [1.29, 1.82) is 0 Å². The number of carbonyl (C=O) groups is 1. The zero-order valence-electron chi connectivity index (χ0n) is 13.1. The van der Waals surface area contributed by atoms with Crippen LogP contribution in [0.5, 0.6) is 0 Å². The fourth-order valence-corrected chi connectivity index (χ4v) is 3.50. The quantitative estimate of drug-likeness (QED) is 0.813. The topological polar surface area (TPSA) is 78.5 Å². The summed E-state index contributed by atoms with van der Waals surface area (Å²) in [7, 11) is -3.21. The summed E-state index contributed by atoms with van der Waals surface area (Å²) in [5, 5.41) is 2.65. The van der Waals surface area contributed by atoms with Gasteiger partial charge in [-0.2, -0.15) is 0 Å². The predicted molar refractivity (Wildman–Crippen MR) is 87.1 cm³/mol. The molecule has 0 aromatic heterocycles. The van der Waals surface area contributed by atoms with Crippen molar-refractivity contribution in [2.45, 2.75) is 25.3 Å². The number of carbonyl (C=O) groups excluding carboxylic acids is 1. The molecule has 0 aliphatic carbocycles. The molecule has 0 saturated carbocycles. The van der Waals surface area contributed by atoms with E-state index < -0.39 is 15.8 Å². The van der Waals surface area contributed by atoms with Gasteiger partial charge >= 0.3 is 0 Å². The molecule has 1 heterocycles. The molecule has 128 valence electrons. The number of piperidine rings is 1. The second-order valence-corrected chi connectivity index (χ2v) is 7.62. The molecule has 23 heavy (non-hydrogen) atoms. The van der Waals surface area contributed by atoms with Crippen molar-refractivity contribution in [1.82, 2.24) is 9.62 Å². The number of benzene rings is 1. The van der Waals surface area contributed by atoms with Gasteiger partial charge < -0.3 is 10.2 Å². The zero-order valence-corrected chi connectivity index (χ0v) is 13.9. The molecule has 2 rings (SSSR count). The van der Waals surface area contributed by atoms with E-state index >= 15 is 0 Å². The number of hydrogen-bond donors (Lipinski definition) is 2. The molecular formula is C15H22FN3O3S. The van der Waals surface area contributed by atoms with Gasteiger partial charge in [0.25, 0.3) is 0 Å². The molecule has 1 aliphatic heterocycles. The first-order chi connectivity index (χ1) is 10.8. The van der Waals surface area contributed by atoms with Crippen LogP contribution in [0.15, 0.2) is 24.3 Å². The van der Waals surface area contributed by atoms with Crippen LogP contribution in [-0.2, 0) is 14.8 Å². The molecule has 1 aliphatic rings. The van der Waals surface area contributed by atoms with Gasteiger partial charge in [-0.1, -0.05) is 6.07 Å². The van der Waals surface area contributed by atoms with Crippen LogP contribution in [0.25, 0.3) is 0 Å². The van der Waals surface area contributed by atoms with Crippen LogP contribution >= 0.6 is 0 Å². The van der Waals surface area contributed by atoms with Crippen LogP contribution in [0, 0.1) is 5.82 Å². The van der Waals surface area contributed by atoms with E-state index in [-0.39, 0.29) is 18.4 Å². The second kappa shape index (κ2) is 7.85. The normalized spacial score (nSPS) is 19.5. The SMILES string of the molecule is CS(=O)(=O)N[C@H]1CCCN(CCC(=O)Nc2cccc(F)c2)C1. The van der Waals surface area contributed by atoms with Crippen molar-refractivity contribution in [3.05, 3.63) is 30.1 Å².